The van der Waals surface area contributed by atoms with Crippen molar-refractivity contribution >= 4 is 11.8 Å². The van der Waals surface area contributed by atoms with E-state index in [0.717, 1.165) is 24.1 Å². The average molecular weight is 287 g/mol. The monoisotopic (exact) mass is 287 g/mol. The molecule has 0 radical (unpaired) electrons. The van der Waals surface area contributed by atoms with Crippen molar-refractivity contribution < 1.29 is 14.6 Å². The molecular formula is C15H17N3O3. The fraction of sp³-hybridized carbons (Fsp3) is 0.267. The molecule has 110 valence electrons. The van der Waals surface area contributed by atoms with Crippen molar-refractivity contribution in [3.05, 3.63) is 41.7 Å². The molecule has 0 saturated carbocycles. The highest BCUT2D eigenvalue weighted by Gasteiger charge is 2.09. The smallest absolute Gasteiger partial charge is 0.335 e. The van der Waals surface area contributed by atoms with Crippen LogP contribution < -0.4 is 5.73 Å². The van der Waals surface area contributed by atoms with Gasteiger partial charge in [-0.05, 0) is 25.0 Å². The summed E-state index contributed by atoms with van der Waals surface area (Å²) in [6.45, 7) is 0.661. The molecule has 0 fully saturated rings. The number of hydrogen-bond donors (Lipinski definition) is 2. The zero-order valence-corrected chi connectivity index (χ0v) is 11.7. The molecule has 3 N–H and O–H groups in total. The lowest BCUT2D eigenvalue weighted by molar-refractivity contribution is 0.0697. The minimum absolute atomic E-state index is 0.224. The summed E-state index contributed by atoms with van der Waals surface area (Å²) in [5, 5.41) is 8.90. The number of anilines is 1. The number of carboxylic acid groups (broad SMARTS) is 1. The first kappa shape index (κ1) is 14.9. The molecule has 0 aliphatic rings. The molecule has 1 aromatic heterocycles. The zero-order chi connectivity index (χ0) is 15.2. The van der Waals surface area contributed by atoms with Gasteiger partial charge in [0.15, 0.2) is 0 Å². The van der Waals surface area contributed by atoms with Crippen LogP contribution in [0.15, 0.2) is 30.5 Å². The summed E-state index contributed by atoms with van der Waals surface area (Å²) in [4.78, 5) is 19.5. The van der Waals surface area contributed by atoms with Crippen LogP contribution >= 0.6 is 0 Å². The third kappa shape index (κ3) is 3.76. The highest BCUT2D eigenvalue weighted by Crippen LogP contribution is 2.23. The van der Waals surface area contributed by atoms with E-state index in [4.69, 9.17) is 15.6 Å². The van der Waals surface area contributed by atoms with Gasteiger partial charge < -0.3 is 15.6 Å². The predicted octanol–water partition coefficient (Wildman–Crippen LogP) is 2.00. The summed E-state index contributed by atoms with van der Waals surface area (Å²) in [5.74, 6) is -0.637. The Hall–Kier alpha value is -2.47. The third-order valence-corrected chi connectivity index (χ3v) is 3.04. The summed E-state index contributed by atoms with van der Waals surface area (Å²) >= 11 is 0. The average Bonchev–Trinajstić information content (AvgIpc) is 2.49. The predicted molar refractivity (Wildman–Crippen MR) is 79.0 cm³/mol. The van der Waals surface area contributed by atoms with Crippen molar-refractivity contribution in [2.75, 3.05) is 19.5 Å². The minimum Gasteiger partial charge on any atom is -0.478 e. The van der Waals surface area contributed by atoms with Gasteiger partial charge in [0.05, 0.1) is 17.5 Å². The maximum absolute atomic E-state index is 10.9. The number of aromatic nitrogens is 2. The van der Waals surface area contributed by atoms with E-state index in [2.05, 4.69) is 9.97 Å². The van der Waals surface area contributed by atoms with Gasteiger partial charge >= 0.3 is 5.97 Å². The lowest BCUT2D eigenvalue weighted by atomic mass is 10.1. The van der Waals surface area contributed by atoms with E-state index in [1.807, 2.05) is 0 Å². The van der Waals surface area contributed by atoms with E-state index in [1.54, 1.807) is 25.4 Å². The Bertz CT molecular complexity index is 627. The quantitative estimate of drug-likeness (QED) is 0.788. The second kappa shape index (κ2) is 6.81. The van der Waals surface area contributed by atoms with Gasteiger partial charge in [-0.15, -0.1) is 0 Å². The number of carboxylic acids is 1. The Labute approximate surface area is 122 Å². The van der Waals surface area contributed by atoms with Crippen LogP contribution in [0, 0.1) is 0 Å². The van der Waals surface area contributed by atoms with Gasteiger partial charge in [0.25, 0.3) is 0 Å². The first-order chi connectivity index (χ1) is 10.1. The lowest BCUT2D eigenvalue weighted by Gasteiger charge is -2.07. The first-order valence-electron chi connectivity index (χ1n) is 6.56. The van der Waals surface area contributed by atoms with Crippen LogP contribution in [0.25, 0.3) is 11.3 Å². The molecule has 6 nitrogen and oxygen atoms in total. The van der Waals surface area contributed by atoms with Crippen molar-refractivity contribution in [3.8, 4) is 11.3 Å². The van der Waals surface area contributed by atoms with Crippen molar-refractivity contribution in [2.45, 2.75) is 12.8 Å². The van der Waals surface area contributed by atoms with E-state index in [9.17, 15) is 4.79 Å². The Kier molecular flexibility index (Phi) is 4.84. The third-order valence-electron chi connectivity index (χ3n) is 3.04. The van der Waals surface area contributed by atoms with E-state index in [-0.39, 0.29) is 5.56 Å². The van der Waals surface area contributed by atoms with Crippen molar-refractivity contribution in [1.82, 2.24) is 9.97 Å². The summed E-state index contributed by atoms with van der Waals surface area (Å²) in [7, 11) is 1.66. The van der Waals surface area contributed by atoms with Gasteiger partial charge in [-0.3, -0.25) is 0 Å². The Morgan fingerprint density at radius 3 is 2.67 bits per heavy atom. The van der Waals surface area contributed by atoms with Crippen LogP contribution in [0.2, 0.25) is 0 Å². The van der Waals surface area contributed by atoms with Crippen molar-refractivity contribution in [1.29, 1.82) is 0 Å². The molecule has 2 aromatic rings. The van der Waals surface area contributed by atoms with Crippen LogP contribution in [0.5, 0.6) is 0 Å². The maximum atomic E-state index is 10.9. The summed E-state index contributed by atoms with van der Waals surface area (Å²) < 4.78 is 5.01. The zero-order valence-electron chi connectivity index (χ0n) is 11.7. The molecule has 21 heavy (non-hydrogen) atoms. The normalized spacial score (nSPS) is 10.5. The molecule has 1 aromatic carbocycles. The first-order valence-corrected chi connectivity index (χ1v) is 6.56. The van der Waals surface area contributed by atoms with Crippen LogP contribution in [0.1, 0.15) is 22.5 Å². The SMILES string of the molecule is COCCCc1cnc(N)c(-c2ccc(C(=O)O)cc2)n1. The van der Waals surface area contributed by atoms with Crippen LogP contribution in [-0.2, 0) is 11.2 Å². The number of rotatable bonds is 6. The molecule has 0 amide bonds. The Balaban J connectivity index is 2.25. The minimum atomic E-state index is -0.964. The standard InChI is InChI=1S/C15H17N3O3/c1-21-8-2-3-12-9-17-14(16)13(18-12)10-4-6-11(7-5-10)15(19)20/h4-7,9H,2-3,8H2,1H3,(H2,16,17)(H,19,20). The number of methoxy groups -OCH3 is 1. The number of nitrogens with two attached hydrogens (primary N) is 1. The molecule has 6 heteroatoms. The molecule has 0 atom stereocenters. The van der Waals surface area contributed by atoms with Crippen LogP contribution in [0.4, 0.5) is 5.82 Å². The Morgan fingerprint density at radius 2 is 2.05 bits per heavy atom. The number of hydrogen-bond acceptors (Lipinski definition) is 5. The van der Waals surface area contributed by atoms with E-state index < -0.39 is 5.97 Å². The van der Waals surface area contributed by atoms with Gasteiger partial charge in [-0.2, -0.15) is 0 Å². The fourth-order valence-corrected chi connectivity index (χ4v) is 1.94. The Morgan fingerprint density at radius 1 is 1.33 bits per heavy atom. The fourth-order valence-electron chi connectivity index (χ4n) is 1.94. The summed E-state index contributed by atoms with van der Waals surface area (Å²) in [5.41, 5.74) is 8.24. The van der Waals surface area contributed by atoms with Crippen LogP contribution in [0.3, 0.4) is 0 Å². The number of nitrogens with zero attached hydrogens (tertiary/aromatic N) is 2. The van der Waals surface area contributed by atoms with Gasteiger partial charge in [0.1, 0.15) is 11.5 Å². The number of carbonyl (C=O) groups is 1. The van der Waals surface area contributed by atoms with E-state index >= 15 is 0 Å². The molecule has 0 saturated heterocycles. The number of ether oxygens (including phenoxy) is 1. The second-order valence-corrected chi connectivity index (χ2v) is 4.57. The van der Waals surface area contributed by atoms with Crippen molar-refractivity contribution in [2.24, 2.45) is 0 Å². The molecule has 2 rings (SSSR count). The maximum Gasteiger partial charge on any atom is 0.335 e. The molecular weight excluding hydrogens is 270 g/mol. The van der Waals surface area contributed by atoms with E-state index in [1.165, 1.54) is 12.1 Å². The molecule has 0 unspecified atom stereocenters. The summed E-state index contributed by atoms with van der Waals surface area (Å²) in [6.07, 6.45) is 3.26. The van der Waals surface area contributed by atoms with Gasteiger partial charge in [0.2, 0.25) is 0 Å². The van der Waals surface area contributed by atoms with Gasteiger partial charge in [-0.1, -0.05) is 12.1 Å². The molecule has 1 heterocycles. The molecule has 0 aliphatic carbocycles. The van der Waals surface area contributed by atoms with E-state index in [0.29, 0.717) is 18.1 Å². The summed E-state index contributed by atoms with van der Waals surface area (Å²) in [6, 6.07) is 6.41. The second-order valence-electron chi connectivity index (χ2n) is 4.57. The highest BCUT2D eigenvalue weighted by molar-refractivity contribution is 5.88. The largest absolute Gasteiger partial charge is 0.478 e. The van der Waals surface area contributed by atoms with Gasteiger partial charge in [-0.25, -0.2) is 14.8 Å². The number of benzene rings is 1. The number of aromatic carboxylic acids is 1. The van der Waals surface area contributed by atoms with Crippen molar-refractivity contribution in [3.63, 3.8) is 0 Å². The highest BCUT2D eigenvalue weighted by atomic mass is 16.5. The van der Waals surface area contributed by atoms with Crippen LogP contribution in [-0.4, -0.2) is 34.8 Å². The molecule has 0 spiro atoms. The molecule has 0 aliphatic heterocycles. The molecule has 0 bridgehead atoms. The van der Waals surface area contributed by atoms with Gasteiger partial charge in [0, 0.05) is 19.3 Å². The lowest BCUT2D eigenvalue weighted by Crippen LogP contribution is -2.03. The topological polar surface area (TPSA) is 98.3 Å². The number of nitrogen functional groups attached to an aromatic ring is 1. The number of aryl methyl sites for hydroxylation is 1.